The van der Waals surface area contributed by atoms with Gasteiger partial charge in [-0.2, -0.15) is 0 Å². The predicted molar refractivity (Wildman–Crippen MR) is 76.4 cm³/mol. The van der Waals surface area contributed by atoms with Crippen molar-refractivity contribution < 1.29 is 5.11 Å². The van der Waals surface area contributed by atoms with Gasteiger partial charge in [0.05, 0.1) is 0 Å². The van der Waals surface area contributed by atoms with E-state index in [1.165, 1.54) is 64.5 Å². The molecule has 0 radical (unpaired) electrons. The molecule has 1 N–H and O–H groups in total. The molecular formula is C15H33NO. The zero-order valence-electron chi connectivity index (χ0n) is 12.1. The van der Waals surface area contributed by atoms with E-state index in [0.717, 1.165) is 13.0 Å². The standard InChI is InChI=1S/C15H33NO/c1-3-5-7-8-9-10-13-16(12-6-4-2)14-11-15-17/h17H,3-15H2,1-2H3. The van der Waals surface area contributed by atoms with Crippen molar-refractivity contribution in [1.82, 2.24) is 4.90 Å². The molecule has 0 heterocycles. The van der Waals surface area contributed by atoms with Crippen molar-refractivity contribution in [2.75, 3.05) is 26.2 Å². The maximum atomic E-state index is 8.88. The third-order valence-corrected chi connectivity index (χ3v) is 3.29. The molecule has 0 saturated heterocycles. The molecule has 0 bridgehead atoms. The van der Waals surface area contributed by atoms with Crippen LogP contribution in [0.4, 0.5) is 0 Å². The molecule has 0 unspecified atom stereocenters. The van der Waals surface area contributed by atoms with Crippen LogP contribution < -0.4 is 0 Å². The van der Waals surface area contributed by atoms with Crippen LogP contribution in [0.15, 0.2) is 0 Å². The van der Waals surface area contributed by atoms with Gasteiger partial charge in [0.15, 0.2) is 0 Å². The van der Waals surface area contributed by atoms with Crippen molar-refractivity contribution in [3.63, 3.8) is 0 Å². The van der Waals surface area contributed by atoms with Crippen molar-refractivity contribution in [2.45, 2.75) is 71.6 Å². The lowest BCUT2D eigenvalue weighted by molar-refractivity contribution is 0.218. The molecule has 0 aliphatic heterocycles. The first kappa shape index (κ1) is 16.9. The van der Waals surface area contributed by atoms with E-state index in [9.17, 15) is 0 Å². The van der Waals surface area contributed by atoms with Crippen molar-refractivity contribution in [2.24, 2.45) is 0 Å². The van der Waals surface area contributed by atoms with Crippen LogP contribution in [0.3, 0.4) is 0 Å². The first-order valence-electron chi connectivity index (χ1n) is 7.68. The van der Waals surface area contributed by atoms with Gasteiger partial charge in [-0.1, -0.05) is 52.4 Å². The van der Waals surface area contributed by atoms with Gasteiger partial charge < -0.3 is 10.0 Å². The first-order valence-corrected chi connectivity index (χ1v) is 7.68. The summed E-state index contributed by atoms with van der Waals surface area (Å²) >= 11 is 0. The summed E-state index contributed by atoms with van der Waals surface area (Å²) in [6, 6.07) is 0. The zero-order valence-corrected chi connectivity index (χ0v) is 12.1. The number of nitrogens with zero attached hydrogens (tertiary/aromatic N) is 1. The Balaban J connectivity index is 3.45. The molecule has 0 aliphatic rings. The van der Waals surface area contributed by atoms with Crippen molar-refractivity contribution >= 4 is 0 Å². The molecule has 104 valence electrons. The quantitative estimate of drug-likeness (QED) is 0.497. The van der Waals surface area contributed by atoms with Crippen LogP contribution in [-0.2, 0) is 0 Å². The molecule has 0 rings (SSSR count). The average Bonchev–Trinajstić information content (AvgIpc) is 2.35. The summed E-state index contributed by atoms with van der Waals surface area (Å²) in [6.45, 7) is 8.36. The van der Waals surface area contributed by atoms with Gasteiger partial charge in [0, 0.05) is 13.2 Å². The lowest BCUT2D eigenvalue weighted by Crippen LogP contribution is -2.27. The van der Waals surface area contributed by atoms with E-state index in [1.807, 2.05) is 0 Å². The normalized spacial score (nSPS) is 11.3. The van der Waals surface area contributed by atoms with Crippen LogP contribution in [0.25, 0.3) is 0 Å². The number of rotatable bonds is 13. The average molecular weight is 243 g/mol. The predicted octanol–water partition coefficient (Wildman–Crippen LogP) is 3.83. The Morgan fingerprint density at radius 2 is 1.18 bits per heavy atom. The van der Waals surface area contributed by atoms with Gasteiger partial charge in [-0.25, -0.2) is 0 Å². The Hall–Kier alpha value is -0.0800. The second kappa shape index (κ2) is 14.0. The SMILES string of the molecule is CCCCCCCCN(CCCC)CCCO. The minimum atomic E-state index is 0.332. The smallest absolute Gasteiger partial charge is 0.0443 e. The van der Waals surface area contributed by atoms with E-state index in [1.54, 1.807) is 0 Å². The van der Waals surface area contributed by atoms with E-state index in [0.29, 0.717) is 6.61 Å². The molecule has 0 aromatic carbocycles. The van der Waals surface area contributed by atoms with Crippen molar-refractivity contribution in [1.29, 1.82) is 0 Å². The van der Waals surface area contributed by atoms with Gasteiger partial charge in [-0.05, 0) is 32.4 Å². The zero-order chi connectivity index (χ0) is 12.8. The highest BCUT2D eigenvalue weighted by Crippen LogP contribution is 2.07. The van der Waals surface area contributed by atoms with Gasteiger partial charge in [0.2, 0.25) is 0 Å². The van der Waals surface area contributed by atoms with Gasteiger partial charge in [-0.15, -0.1) is 0 Å². The fourth-order valence-corrected chi connectivity index (χ4v) is 2.13. The third kappa shape index (κ3) is 12.2. The van der Waals surface area contributed by atoms with Gasteiger partial charge in [0.1, 0.15) is 0 Å². The van der Waals surface area contributed by atoms with E-state index < -0.39 is 0 Å². The molecule has 0 fully saturated rings. The number of aliphatic hydroxyl groups is 1. The fourth-order valence-electron chi connectivity index (χ4n) is 2.13. The molecule has 0 aromatic rings. The Morgan fingerprint density at radius 1 is 0.647 bits per heavy atom. The Kier molecular flexibility index (Phi) is 13.9. The molecule has 0 aromatic heterocycles. The monoisotopic (exact) mass is 243 g/mol. The topological polar surface area (TPSA) is 23.5 Å². The number of aliphatic hydroxyl groups excluding tert-OH is 1. The lowest BCUT2D eigenvalue weighted by Gasteiger charge is -2.21. The highest BCUT2D eigenvalue weighted by atomic mass is 16.3. The van der Waals surface area contributed by atoms with Crippen LogP contribution in [0.2, 0.25) is 0 Å². The maximum Gasteiger partial charge on any atom is 0.0443 e. The Bertz CT molecular complexity index is 131. The summed E-state index contributed by atoms with van der Waals surface area (Å²) in [7, 11) is 0. The van der Waals surface area contributed by atoms with Crippen molar-refractivity contribution in [3.8, 4) is 0 Å². The van der Waals surface area contributed by atoms with E-state index >= 15 is 0 Å². The minimum absolute atomic E-state index is 0.332. The Morgan fingerprint density at radius 3 is 1.82 bits per heavy atom. The summed E-state index contributed by atoms with van der Waals surface area (Å²) in [5.74, 6) is 0. The Labute approximate surface area is 108 Å². The van der Waals surface area contributed by atoms with Gasteiger partial charge in [0.25, 0.3) is 0 Å². The highest BCUT2D eigenvalue weighted by Gasteiger charge is 2.03. The molecule has 2 heteroatoms. The summed E-state index contributed by atoms with van der Waals surface area (Å²) < 4.78 is 0. The van der Waals surface area contributed by atoms with Gasteiger partial charge >= 0.3 is 0 Å². The lowest BCUT2D eigenvalue weighted by atomic mass is 10.1. The summed E-state index contributed by atoms with van der Waals surface area (Å²) in [5.41, 5.74) is 0. The molecule has 17 heavy (non-hydrogen) atoms. The van der Waals surface area contributed by atoms with E-state index in [-0.39, 0.29) is 0 Å². The fraction of sp³-hybridized carbons (Fsp3) is 1.00. The maximum absolute atomic E-state index is 8.88. The van der Waals surface area contributed by atoms with Crippen LogP contribution >= 0.6 is 0 Å². The molecule has 0 amide bonds. The minimum Gasteiger partial charge on any atom is -0.396 e. The van der Waals surface area contributed by atoms with E-state index in [2.05, 4.69) is 18.7 Å². The molecule has 2 nitrogen and oxygen atoms in total. The second-order valence-corrected chi connectivity index (χ2v) is 5.04. The number of unbranched alkanes of at least 4 members (excludes halogenated alkanes) is 6. The van der Waals surface area contributed by atoms with Crippen LogP contribution in [0.1, 0.15) is 71.6 Å². The van der Waals surface area contributed by atoms with E-state index in [4.69, 9.17) is 5.11 Å². The number of hydrogen-bond acceptors (Lipinski definition) is 2. The summed E-state index contributed by atoms with van der Waals surface area (Å²) in [4.78, 5) is 2.53. The second-order valence-electron chi connectivity index (χ2n) is 5.04. The third-order valence-electron chi connectivity index (χ3n) is 3.29. The van der Waals surface area contributed by atoms with Crippen LogP contribution in [0, 0.1) is 0 Å². The largest absolute Gasteiger partial charge is 0.396 e. The molecule has 0 saturated carbocycles. The molecule has 0 spiro atoms. The number of hydrogen-bond donors (Lipinski definition) is 1. The van der Waals surface area contributed by atoms with Gasteiger partial charge in [-0.3, -0.25) is 0 Å². The molecular weight excluding hydrogens is 210 g/mol. The van der Waals surface area contributed by atoms with Crippen molar-refractivity contribution in [3.05, 3.63) is 0 Å². The summed E-state index contributed by atoms with van der Waals surface area (Å²) in [6.07, 6.45) is 11.7. The summed E-state index contributed by atoms with van der Waals surface area (Å²) in [5, 5.41) is 8.88. The highest BCUT2D eigenvalue weighted by molar-refractivity contribution is 4.58. The molecule has 0 aliphatic carbocycles. The van der Waals surface area contributed by atoms with Crippen LogP contribution in [-0.4, -0.2) is 36.2 Å². The first-order chi connectivity index (χ1) is 8.35. The van der Waals surface area contributed by atoms with Crippen LogP contribution in [0.5, 0.6) is 0 Å². The molecule has 0 atom stereocenters.